The van der Waals surface area contributed by atoms with Gasteiger partial charge in [-0.1, -0.05) is 30.3 Å². The SMILES string of the molecule is COC[C@@H]1CCCN(Cc2c(C)nn(Cc3ccccc3)c2C)C1. The van der Waals surface area contributed by atoms with E-state index in [-0.39, 0.29) is 0 Å². The second-order valence-corrected chi connectivity index (χ2v) is 6.99. The van der Waals surface area contributed by atoms with Gasteiger partial charge in [0.15, 0.2) is 0 Å². The largest absolute Gasteiger partial charge is 0.384 e. The van der Waals surface area contributed by atoms with Crippen LogP contribution in [0, 0.1) is 19.8 Å². The van der Waals surface area contributed by atoms with Gasteiger partial charge in [-0.05, 0) is 44.7 Å². The molecule has 0 spiro atoms. The highest BCUT2D eigenvalue weighted by Crippen LogP contribution is 2.22. The maximum atomic E-state index is 5.35. The first-order valence-electron chi connectivity index (χ1n) is 8.95. The Morgan fingerprint density at radius 1 is 1.17 bits per heavy atom. The van der Waals surface area contributed by atoms with Crippen LogP contribution in [0.25, 0.3) is 0 Å². The van der Waals surface area contributed by atoms with Gasteiger partial charge in [0.2, 0.25) is 0 Å². The zero-order valence-electron chi connectivity index (χ0n) is 15.2. The van der Waals surface area contributed by atoms with Crippen molar-refractivity contribution in [3.63, 3.8) is 0 Å². The van der Waals surface area contributed by atoms with E-state index in [1.54, 1.807) is 7.11 Å². The summed E-state index contributed by atoms with van der Waals surface area (Å²) >= 11 is 0. The van der Waals surface area contributed by atoms with E-state index in [0.29, 0.717) is 5.92 Å². The lowest BCUT2D eigenvalue weighted by atomic mass is 9.98. The summed E-state index contributed by atoms with van der Waals surface area (Å²) in [7, 11) is 1.81. The molecule has 1 aromatic heterocycles. The van der Waals surface area contributed by atoms with Crippen LogP contribution in [0.5, 0.6) is 0 Å². The van der Waals surface area contributed by atoms with Crippen molar-refractivity contribution in [2.24, 2.45) is 5.92 Å². The predicted octanol–water partition coefficient (Wildman–Crippen LogP) is 3.41. The average molecular weight is 327 g/mol. The second kappa shape index (κ2) is 7.95. The van der Waals surface area contributed by atoms with E-state index < -0.39 is 0 Å². The summed E-state index contributed by atoms with van der Waals surface area (Å²) in [6.07, 6.45) is 2.56. The number of benzene rings is 1. The summed E-state index contributed by atoms with van der Waals surface area (Å²) < 4.78 is 7.50. The van der Waals surface area contributed by atoms with Crippen molar-refractivity contribution in [1.82, 2.24) is 14.7 Å². The van der Waals surface area contributed by atoms with Crippen molar-refractivity contribution in [1.29, 1.82) is 0 Å². The molecule has 1 fully saturated rings. The molecule has 4 heteroatoms. The molecule has 2 aromatic rings. The van der Waals surface area contributed by atoms with Gasteiger partial charge < -0.3 is 4.74 Å². The van der Waals surface area contributed by atoms with Gasteiger partial charge in [0.1, 0.15) is 0 Å². The monoisotopic (exact) mass is 327 g/mol. The molecule has 2 heterocycles. The number of piperidine rings is 1. The van der Waals surface area contributed by atoms with Crippen LogP contribution in [-0.4, -0.2) is 41.5 Å². The van der Waals surface area contributed by atoms with Gasteiger partial charge >= 0.3 is 0 Å². The van der Waals surface area contributed by atoms with E-state index in [0.717, 1.165) is 31.9 Å². The number of aryl methyl sites for hydroxylation is 1. The van der Waals surface area contributed by atoms with E-state index in [2.05, 4.69) is 53.8 Å². The standard InChI is InChI=1S/C20H29N3O/c1-16-20(14-22-11-7-10-19(12-22)15-24-3)17(2)23(21-16)13-18-8-5-4-6-9-18/h4-6,8-9,19H,7,10-15H2,1-3H3/t19-/m1/s1. The second-order valence-electron chi connectivity index (χ2n) is 6.99. The molecule has 130 valence electrons. The minimum absolute atomic E-state index is 0.670. The fraction of sp³-hybridized carbons (Fsp3) is 0.550. The van der Waals surface area contributed by atoms with Crippen LogP contribution in [-0.2, 0) is 17.8 Å². The van der Waals surface area contributed by atoms with Crippen LogP contribution < -0.4 is 0 Å². The first-order chi connectivity index (χ1) is 11.7. The molecule has 0 amide bonds. The number of nitrogens with zero attached hydrogens (tertiary/aromatic N) is 3. The van der Waals surface area contributed by atoms with E-state index in [1.165, 1.54) is 36.2 Å². The molecule has 0 saturated carbocycles. The van der Waals surface area contributed by atoms with Crippen LogP contribution in [0.3, 0.4) is 0 Å². The topological polar surface area (TPSA) is 30.3 Å². The highest BCUT2D eigenvalue weighted by atomic mass is 16.5. The van der Waals surface area contributed by atoms with Crippen LogP contribution in [0.4, 0.5) is 0 Å². The maximum Gasteiger partial charge on any atom is 0.0662 e. The molecule has 4 nitrogen and oxygen atoms in total. The Kier molecular flexibility index (Phi) is 5.69. The molecular formula is C20H29N3O. The van der Waals surface area contributed by atoms with Crippen molar-refractivity contribution in [2.75, 3.05) is 26.8 Å². The fourth-order valence-corrected chi connectivity index (χ4v) is 3.76. The highest BCUT2D eigenvalue weighted by Gasteiger charge is 2.22. The third-order valence-corrected chi connectivity index (χ3v) is 5.09. The van der Waals surface area contributed by atoms with Gasteiger partial charge in [-0.2, -0.15) is 5.10 Å². The zero-order chi connectivity index (χ0) is 16.9. The summed E-state index contributed by atoms with van der Waals surface area (Å²) in [6, 6.07) is 10.6. The quantitative estimate of drug-likeness (QED) is 0.814. The first kappa shape index (κ1) is 17.2. The molecule has 24 heavy (non-hydrogen) atoms. The third-order valence-electron chi connectivity index (χ3n) is 5.09. The molecule has 0 unspecified atom stereocenters. The van der Waals surface area contributed by atoms with Crippen molar-refractivity contribution < 1.29 is 4.74 Å². The van der Waals surface area contributed by atoms with Crippen molar-refractivity contribution >= 4 is 0 Å². The number of aromatic nitrogens is 2. The number of hydrogen-bond donors (Lipinski definition) is 0. The number of methoxy groups -OCH3 is 1. The lowest BCUT2D eigenvalue weighted by Crippen LogP contribution is -2.36. The van der Waals surface area contributed by atoms with Gasteiger partial charge in [0, 0.05) is 31.5 Å². The Bertz CT molecular complexity index is 648. The number of rotatable bonds is 6. The third kappa shape index (κ3) is 4.05. The van der Waals surface area contributed by atoms with Gasteiger partial charge in [0.25, 0.3) is 0 Å². The minimum atomic E-state index is 0.670. The van der Waals surface area contributed by atoms with Crippen LogP contribution in [0.2, 0.25) is 0 Å². The molecule has 1 atom stereocenters. The van der Waals surface area contributed by atoms with Crippen LogP contribution in [0.15, 0.2) is 30.3 Å². The van der Waals surface area contributed by atoms with Crippen molar-refractivity contribution in [3.8, 4) is 0 Å². The summed E-state index contributed by atoms with van der Waals surface area (Å²) in [5, 5.41) is 4.79. The average Bonchev–Trinajstić information content (AvgIpc) is 2.84. The molecule has 3 rings (SSSR count). The number of hydrogen-bond acceptors (Lipinski definition) is 3. The van der Waals surface area contributed by atoms with E-state index >= 15 is 0 Å². The summed E-state index contributed by atoms with van der Waals surface area (Å²) in [6.45, 7) is 9.39. The Balaban J connectivity index is 1.70. The summed E-state index contributed by atoms with van der Waals surface area (Å²) in [4.78, 5) is 2.57. The first-order valence-corrected chi connectivity index (χ1v) is 8.95. The summed E-state index contributed by atoms with van der Waals surface area (Å²) in [5.41, 5.74) is 5.15. The maximum absolute atomic E-state index is 5.35. The van der Waals surface area contributed by atoms with E-state index in [4.69, 9.17) is 9.84 Å². The molecule has 0 bridgehead atoms. The Morgan fingerprint density at radius 2 is 1.96 bits per heavy atom. The molecular weight excluding hydrogens is 298 g/mol. The highest BCUT2D eigenvalue weighted by molar-refractivity contribution is 5.26. The van der Waals surface area contributed by atoms with Gasteiger partial charge in [-0.25, -0.2) is 0 Å². The molecule has 0 N–H and O–H groups in total. The molecule has 1 saturated heterocycles. The van der Waals surface area contributed by atoms with Crippen molar-refractivity contribution in [3.05, 3.63) is 52.8 Å². The molecule has 1 aromatic carbocycles. The Morgan fingerprint density at radius 3 is 2.71 bits per heavy atom. The Labute approximate surface area is 145 Å². The number of likely N-dealkylation sites (tertiary alicyclic amines) is 1. The molecule has 0 radical (unpaired) electrons. The van der Waals surface area contributed by atoms with Gasteiger partial charge in [-0.15, -0.1) is 0 Å². The minimum Gasteiger partial charge on any atom is -0.384 e. The van der Waals surface area contributed by atoms with Crippen LogP contribution in [0.1, 0.15) is 35.4 Å². The van der Waals surface area contributed by atoms with E-state index in [1.807, 2.05) is 0 Å². The molecule has 1 aliphatic rings. The smallest absolute Gasteiger partial charge is 0.0662 e. The van der Waals surface area contributed by atoms with Crippen LogP contribution >= 0.6 is 0 Å². The predicted molar refractivity (Wildman–Crippen MR) is 97.1 cm³/mol. The van der Waals surface area contributed by atoms with Gasteiger partial charge in [0.05, 0.1) is 18.8 Å². The lowest BCUT2D eigenvalue weighted by molar-refractivity contribution is 0.0872. The number of ether oxygens (including phenoxy) is 1. The normalized spacial score (nSPS) is 18.9. The van der Waals surface area contributed by atoms with Crippen molar-refractivity contribution in [2.45, 2.75) is 39.8 Å². The van der Waals surface area contributed by atoms with E-state index in [9.17, 15) is 0 Å². The molecule has 0 aliphatic carbocycles. The fourth-order valence-electron chi connectivity index (χ4n) is 3.76. The lowest BCUT2D eigenvalue weighted by Gasteiger charge is -2.32. The summed E-state index contributed by atoms with van der Waals surface area (Å²) in [5.74, 6) is 0.670. The zero-order valence-corrected chi connectivity index (χ0v) is 15.2. The molecule has 1 aliphatic heterocycles. The Hall–Kier alpha value is -1.65. The van der Waals surface area contributed by atoms with Gasteiger partial charge in [-0.3, -0.25) is 9.58 Å².